The zero-order valence-electron chi connectivity index (χ0n) is 14.1. The van der Waals surface area contributed by atoms with Crippen molar-refractivity contribution in [3.63, 3.8) is 0 Å². The smallest absolute Gasteiger partial charge is 0.311 e. The van der Waals surface area contributed by atoms with Crippen LogP contribution in [0.25, 0.3) is 10.9 Å². The Bertz CT molecular complexity index is 660. The van der Waals surface area contributed by atoms with E-state index in [0.29, 0.717) is 12.2 Å². The van der Waals surface area contributed by atoms with E-state index in [4.69, 9.17) is 4.74 Å². The summed E-state index contributed by atoms with van der Waals surface area (Å²) in [4.78, 5) is 17.3. The summed E-state index contributed by atoms with van der Waals surface area (Å²) in [5.74, 6) is 0.447. The van der Waals surface area contributed by atoms with E-state index in [1.165, 1.54) is 5.56 Å². The minimum atomic E-state index is -0.174. The minimum Gasteiger partial charge on any atom is -0.427 e. The second-order valence-corrected chi connectivity index (χ2v) is 5.68. The molecule has 0 amide bonds. The Morgan fingerprint density at radius 3 is 2.91 bits per heavy atom. The van der Waals surface area contributed by atoms with Crippen LogP contribution in [-0.2, 0) is 11.2 Å². The number of fused-ring (bicyclic) bond motifs is 1. The molecule has 2 rings (SSSR count). The lowest BCUT2D eigenvalue weighted by molar-refractivity contribution is -0.134. The van der Waals surface area contributed by atoms with Crippen LogP contribution in [0.3, 0.4) is 0 Å². The van der Waals surface area contributed by atoms with Gasteiger partial charge in [-0.2, -0.15) is 0 Å². The lowest BCUT2D eigenvalue weighted by atomic mass is 10.1. The van der Waals surface area contributed by atoms with E-state index in [-0.39, 0.29) is 5.97 Å². The number of hydrogen-bond acceptors (Lipinski definition) is 3. The first-order valence-electron chi connectivity index (χ1n) is 8.31. The number of esters is 1. The number of nitrogens with zero attached hydrogens (tertiary/aromatic N) is 1. The Kier molecular flexibility index (Phi) is 6.41. The number of H-pyrrole nitrogens is 1. The van der Waals surface area contributed by atoms with Gasteiger partial charge in [-0.3, -0.25) is 9.69 Å². The van der Waals surface area contributed by atoms with E-state index in [1.807, 2.05) is 37.4 Å². The van der Waals surface area contributed by atoms with Crippen LogP contribution in [0.2, 0.25) is 0 Å². The fourth-order valence-electron chi connectivity index (χ4n) is 2.65. The molecule has 4 nitrogen and oxygen atoms in total. The van der Waals surface area contributed by atoms with Crippen LogP contribution in [0.1, 0.15) is 32.3 Å². The molecule has 0 fully saturated rings. The summed E-state index contributed by atoms with van der Waals surface area (Å²) in [6.07, 6.45) is 6.18. The van der Waals surface area contributed by atoms with Crippen molar-refractivity contribution in [1.29, 1.82) is 0 Å². The molecule has 124 valence electrons. The molecule has 0 aliphatic carbocycles. The monoisotopic (exact) mass is 314 g/mol. The Morgan fingerprint density at radius 2 is 2.22 bits per heavy atom. The van der Waals surface area contributed by atoms with Crippen molar-refractivity contribution in [3.8, 4) is 5.75 Å². The molecule has 0 saturated carbocycles. The van der Waals surface area contributed by atoms with E-state index in [0.717, 1.165) is 43.4 Å². The second-order valence-electron chi connectivity index (χ2n) is 5.68. The molecule has 1 heterocycles. The number of likely N-dealkylation sites (N-methyl/N-ethyl adjacent to an activating group) is 1. The number of hydrogen-bond donors (Lipinski definition) is 1. The van der Waals surface area contributed by atoms with Crippen molar-refractivity contribution in [2.45, 2.75) is 33.1 Å². The topological polar surface area (TPSA) is 45.3 Å². The maximum absolute atomic E-state index is 11.7. The van der Waals surface area contributed by atoms with Gasteiger partial charge in [0.25, 0.3) is 0 Å². The number of ether oxygens (including phenoxy) is 1. The maximum Gasteiger partial charge on any atom is 0.311 e. The third kappa shape index (κ3) is 4.70. The zero-order chi connectivity index (χ0) is 16.7. The fourth-order valence-corrected chi connectivity index (χ4v) is 2.65. The first-order valence-corrected chi connectivity index (χ1v) is 8.31. The molecule has 1 aromatic carbocycles. The van der Waals surface area contributed by atoms with Gasteiger partial charge in [0.1, 0.15) is 5.75 Å². The number of rotatable bonds is 9. The molecule has 1 aromatic heterocycles. The molecule has 0 unspecified atom stereocenters. The van der Waals surface area contributed by atoms with Gasteiger partial charge in [-0.15, -0.1) is 6.58 Å². The molecule has 2 aromatic rings. The van der Waals surface area contributed by atoms with Crippen LogP contribution >= 0.6 is 0 Å². The number of benzene rings is 1. The molecular weight excluding hydrogens is 288 g/mol. The van der Waals surface area contributed by atoms with Crippen molar-refractivity contribution in [2.75, 3.05) is 19.6 Å². The molecule has 1 N–H and O–H groups in total. The number of carbonyl (C=O) groups excluding carboxylic acids is 1. The lowest BCUT2D eigenvalue weighted by Gasteiger charge is -2.17. The molecule has 0 spiro atoms. The van der Waals surface area contributed by atoms with Crippen molar-refractivity contribution < 1.29 is 9.53 Å². The first kappa shape index (κ1) is 17.3. The molecule has 23 heavy (non-hydrogen) atoms. The predicted molar refractivity (Wildman–Crippen MR) is 94.9 cm³/mol. The average Bonchev–Trinajstić information content (AvgIpc) is 2.94. The van der Waals surface area contributed by atoms with Gasteiger partial charge < -0.3 is 9.72 Å². The van der Waals surface area contributed by atoms with Crippen LogP contribution in [0.15, 0.2) is 37.1 Å². The van der Waals surface area contributed by atoms with Gasteiger partial charge in [-0.25, -0.2) is 0 Å². The zero-order valence-corrected chi connectivity index (χ0v) is 14.1. The number of aromatic amines is 1. The molecule has 0 atom stereocenters. The van der Waals surface area contributed by atoms with Crippen LogP contribution in [0.5, 0.6) is 5.75 Å². The Hall–Kier alpha value is -2.07. The molecule has 0 aliphatic heterocycles. The largest absolute Gasteiger partial charge is 0.427 e. The highest BCUT2D eigenvalue weighted by Crippen LogP contribution is 2.24. The molecule has 4 heteroatoms. The fraction of sp³-hybridized carbons (Fsp3) is 0.421. The van der Waals surface area contributed by atoms with Gasteiger partial charge in [-0.05, 0) is 43.1 Å². The predicted octanol–water partition coefficient (Wildman–Crippen LogP) is 3.92. The van der Waals surface area contributed by atoms with E-state index in [9.17, 15) is 4.79 Å². The normalized spacial score (nSPS) is 11.1. The van der Waals surface area contributed by atoms with Crippen LogP contribution < -0.4 is 4.74 Å². The maximum atomic E-state index is 11.7. The average molecular weight is 314 g/mol. The lowest BCUT2D eigenvalue weighted by Crippen LogP contribution is -2.25. The van der Waals surface area contributed by atoms with Gasteiger partial charge in [0, 0.05) is 36.6 Å². The number of carbonyl (C=O) groups is 1. The Balaban J connectivity index is 2.11. The van der Waals surface area contributed by atoms with Crippen molar-refractivity contribution in [2.24, 2.45) is 0 Å². The standard InChI is InChI=1S/C19H26N2O2/c1-4-7-19(22)23-16-8-9-18-17(13-16)15(14-20-18)10-12-21(6-3)11-5-2/h5,8-9,13-14,20H,2,4,6-7,10-12H2,1,3H3. The number of nitrogens with one attached hydrogen (secondary N) is 1. The summed E-state index contributed by atoms with van der Waals surface area (Å²) >= 11 is 0. The van der Waals surface area contributed by atoms with Gasteiger partial charge in [0.2, 0.25) is 0 Å². The minimum absolute atomic E-state index is 0.174. The summed E-state index contributed by atoms with van der Waals surface area (Å²) in [7, 11) is 0. The summed E-state index contributed by atoms with van der Waals surface area (Å²) in [6.45, 7) is 10.8. The van der Waals surface area contributed by atoms with Gasteiger partial charge in [0.15, 0.2) is 0 Å². The van der Waals surface area contributed by atoms with E-state index >= 15 is 0 Å². The first-order chi connectivity index (χ1) is 11.2. The number of aromatic nitrogens is 1. The highest BCUT2D eigenvalue weighted by molar-refractivity contribution is 5.85. The van der Waals surface area contributed by atoms with Crippen LogP contribution in [0, 0.1) is 0 Å². The van der Waals surface area contributed by atoms with E-state index in [2.05, 4.69) is 23.4 Å². The molecule has 0 radical (unpaired) electrons. The third-order valence-electron chi connectivity index (χ3n) is 3.96. The summed E-state index contributed by atoms with van der Waals surface area (Å²) < 4.78 is 5.40. The van der Waals surface area contributed by atoms with Crippen molar-refractivity contribution >= 4 is 16.9 Å². The highest BCUT2D eigenvalue weighted by Gasteiger charge is 2.09. The van der Waals surface area contributed by atoms with E-state index < -0.39 is 0 Å². The van der Waals surface area contributed by atoms with Crippen LogP contribution in [-0.4, -0.2) is 35.5 Å². The Labute approximate surface area is 138 Å². The van der Waals surface area contributed by atoms with Gasteiger partial charge in [0.05, 0.1) is 0 Å². The summed E-state index contributed by atoms with van der Waals surface area (Å²) in [5, 5.41) is 1.13. The van der Waals surface area contributed by atoms with Crippen molar-refractivity contribution in [3.05, 3.63) is 42.6 Å². The summed E-state index contributed by atoms with van der Waals surface area (Å²) in [5.41, 5.74) is 2.32. The quantitative estimate of drug-likeness (QED) is 0.433. The highest BCUT2D eigenvalue weighted by atomic mass is 16.5. The molecule has 0 bridgehead atoms. The second kappa shape index (κ2) is 8.53. The van der Waals surface area contributed by atoms with Gasteiger partial charge in [-0.1, -0.05) is 19.9 Å². The Morgan fingerprint density at radius 1 is 1.39 bits per heavy atom. The van der Waals surface area contributed by atoms with E-state index in [1.54, 1.807) is 0 Å². The van der Waals surface area contributed by atoms with Crippen molar-refractivity contribution in [1.82, 2.24) is 9.88 Å². The molecule has 0 saturated heterocycles. The summed E-state index contributed by atoms with van der Waals surface area (Å²) in [6, 6.07) is 5.76. The third-order valence-corrected chi connectivity index (χ3v) is 3.96. The SMILES string of the molecule is C=CCN(CC)CCc1c[nH]c2ccc(OC(=O)CCC)cc12. The molecule has 0 aliphatic rings. The molecular formula is C19H26N2O2. The van der Waals surface area contributed by atoms with Crippen LogP contribution in [0.4, 0.5) is 0 Å². The van der Waals surface area contributed by atoms with Gasteiger partial charge >= 0.3 is 5.97 Å².